The number of carboxylic acids is 1. The van der Waals surface area contributed by atoms with E-state index in [0.717, 1.165) is 11.1 Å². The van der Waals surface area contributed by atoms with Gasteiger partial charge in [0.1, 0.15) is 5.56 Å². The lowest BCUT2D eigenvalue weighted by Gasteiger charge is -2.17. The highest BCUT2D eigenvalue weighted by Gasteiger charge is 2.30. The fourth-order valence-corrected chi connectivity index (χ4v) is 2.67. The first-order valence-corrected chi connectivity index (χ1v) is 6.81. The number of pyridine rings is 1. The van der Waals surface area contributed by atoms with Crippen LogP contribution in [0.3, 0.4) is 0 Å². The summed E-state index contributed by atoms with van der Waals surface area (Å²) in [6.07, 6.45) is 3.82. The molecule has 0 aliphatic heterocycles. The number of rotatable bonds is 4. The zero-order chi connectivity index (χ0) is 14.4. The van der Waals surface area contributed by atoms with Crippen molar-refractivity contribution in [3.63, 3.8) is 0 Å². The minimum absolute atomic E-state index is 0.209. The molecule has 0 bridgehead atoms. The molecule has 1 unspecified atom stereocenters. The Morgan fingerprint density at radius 1 is 1.55 bits per heavy atom. The van der Waals surface area contributed by atoms with E-state index in [1.165, 1.54) is 19.0 Å². The lowest BCUT2D eigenvalue weighted by atomic mass is 10.1. The second-order valence-corrected chi connectivity index (χ2v) is 5.53. The zero-order valence-electron chi connectivity index (χ0n) is 11.8. The lowest BCUT2D eigenvalue weighted by Crippen LogP contribution is -2.20. The molecule has 1 aliphatic rings. The lowest BCUT2D eigenvalue weighted by molar-refractivity contribution is 0.0697. The van der Waals surface area contributed by atoms with Gasteiger partial charge in [0.15, 0.2) is 5.65 Å². The number of anilines is 1. The molecule has 2 N–H and O–H groups in total. The molecule has 6 nitrogen and oxygen atoms in total. The van der Waals surface area contributed by atoms with E-state index in [1.807, 2.05) is 14.0 Å². The molecule has 3 rings (SSSR count). The number of aromatic nitrogens is 3. The molecule has 2 heterocycles. The summed E-state index contributed by atoms with van der Waals surface area (Å²) in [5, 5.41) is 17.9. The second kappa shape index (κ2) is 4.47. The van der Waals surface area contributed by atoms with Crippen LogP contribution in [0.25, 0.3) is 11.0 Å². The molecule has 2 aromatic heterocycles. The molecular formula is C14H18N4O2. The summed E-state index contributed by atoms with van der Waals surface area (Å²) in [5.74, 6) is -0.329. The third-order valence-electron chi connectivity index (χ3n) is 3.96. The first-order valence-electron chi connectivity index (χ1n) is 6.81. The zero-order valence-corrected chi connectivity index (χ0v) is 11.8. The molecule has 20 heavy (non-hydrogen) atoms. The van der Waals surface area contributed by atoms with Crippen molar-refractivity contribution >= 4 is 22.7 Å². The SMILES string of the molecule is Cc1nn(C)c2ncc(C(=O)O)c(NC(C)C3CC3)c12. The Morgan fingerprint density at radius 3 is 2.85 bits per heavy atom. The van der Waals surface area contributed by atoms with E-state index < -0.39 is 5.97 Å². The van der Waals surface area contributed by atoms with Crippen LogP contribution in [0.4, 0.5) is 5.69 Å². The maximum atomic E-state index is 11.4. The molecule has 1 atom stereocenters. The van der Waals surface area contributed by atoms with Crippen molar-refractivity contribution in [3.8, 4) is 0 Å². The third-order valence-corrected chi connectivity index (χ3v) is 3.96. The smallest absolute Gasteiger partial charge is 0.339 e. The van der Waals surface area contributed by atoms with Gasteiger partial charge in [0.05, 0.1) is 16.8 Å². The Balaban J connectivity index is 2.17. The van der Waals surface area contributed by atoms with Gasteiger partial charge < -0.3 is 10.4 Å². The Morgan fingerprint density at radius 2 is 2.25 bits per heavy atom. The Bertz CT molecular complexity index is 688. The van der Waals surface area contributed by atoms with E-state index in [0.29, 0.717) is 17.3 Å². The Hall–Kier alpha value is -2.11. The van der Waals surface area contributed by atoms with Crippen molar-refractivity contribution in [2.75, 3.05) is 5.32 Å². The molecule has 1 saturated carbocycles. The molecule has 0 radical (unpaired) electrons. The number of fused-ring (bicyclic) bond motifs is 1. The number of nitrogens with one attached hydrogen (secondary N) is 1. The fraction of sp³-hybridized carbons (Fsp3) is 0.500. The minimum atomic E-state index is -0.965. The topological polar surface area (TPSA) is 80.0 Å². The monoisotopic (exact) mass is 274 g/mol. The van der Waals surface area contributed by atoms with Crippen LogP contribution < -0.4 is 5.32 Å². The first-order chi connectivity index (χ1) is 9.49. The molecule has 0 aromatic carbocycles. The molecule has 106 valence electrons. The summed E-state index contributed by atoms with van der Waals surface area (Å²) < 4.78 is 1.68. The summed E-state index contributed by atoms with van der Waals surface area (Å²) in [7, 11) is 1.82. The van der Waals surface area contributed by atoms with Gasteiger partial charge in [-0.2, -0.15) is 5.10 Å². The fourth-order valence-electron chi connectivity index (χ4n) is 2.67. The molecule has 1 aliphatic carbocycles. The maximum absolute atomic E-state index is 11.4. The molecule has 0 saturated heterocycles. The highest BCUT2D eigenvalue weighted by molar-refractivity contribution is 6.04. The van der Waals surface area contributed by atoms with E-state index in [9.17, 15) is 9.90 Å². The van der Waals surface area contributed by atoms with Crippen molar-refractivity contribution in [3.05, 3.63) is 17.5 Å². The molecule has 0 spiro atoms. The summed E-state index contributed by atoms with van der Waals surface area (Å²) in [5.41, 5.74) is 2.36. The van der Waals surface area contributed by atoms with Gasteiger partial charge in [-0.3, -0.25) is 4.68 Å². The Kier molecular flexibility index (Phi) is 2.88. The van der Waals surface area contributed by atoms with Crippen molar-refractivity contribution in [1.29, 1.82) is 0 Å². The average molecular weight is 274 g/mol. The van der Waals surface area contributed by atoms with Gasteiger partial charge in [0.2, 0.25) is 0 Å². The van der Waals surface area contributed by atoms with Crippen LogP contribution in [-0.2, 0) is 7.05 Å². The Labute approximate surface area is 116 Å². The highest BCUT2D eigenvalue weighted by atomic mass is 16.4. The summed E-state index contributed by atoms with van der Waals surface area (Å²) in [6, 6.07) is 0.262. The van der Waals surface area contributed by atoms with Crippen LogP contribution in [0.15, 0.2) is 6.20 Å². The van der Waals surface area contributed by atoms with Crippen molar-refractivity contribution < 1.29 is 9.90 Å². The second-order valence-electron chi connectivity index (χ2n) is 5.53. The molecule has 2 aromatic rings. The first kappa shape index (κ1) is 12.9. The van der Waals surface area contributed by atoms with Crippen LogP contribution in [0.2, 0.25) is 0 Å². The van der Waals surface area contributed by atoms with Crippen LogP contribution in [-0.4, -0.2) is 31.9 Å². The van der Waals surface area contributed by atoms with E-state index in [2.05, 4.69) is 22.3 Å². The van der Waals surface area contributed by atoms with E-state index in [4.69, 9.17) is 0 Å². The summed E-state index contributed by atoms with van der Waals surface area (Å²) in [4.78, 5) is 15.7. The van der Waals surface area contributed by atoms with Crippen molar-refractivity contribution in [2.45, 2.75) is 32.7 Å². The van der Waals surface area contributed by atoms with Crippen molar-refractivity contribution in [1.82, 2.24) is 14.8 Å². The number of carbonyl (C=O) groups is 1. The van der Waals surface area contributed by atoms with Crippen LogP contribution in [0.5, 0.6) is 0 Å². The van der Waals surface area contributed by atoms with Crippen molar-refractivity contribution in [2.24, 2.45) is 13.0 Å². The number of aromatic carboxylic acids is 1. The van der Waals surface area contributed by atoms with Crippen LogP contribution in [0.1, 0.15) is 35.8 Å². The van der Waals surface area contributed by atoms with E-state index in [-0.39, 0.29) is 11.6 Å². The minimum Gasteiger partial charge on any atom is -0.478 e. The van der Waals surface area contributed by atoms with Gasteiger partial charge in [-0.05, 0) is 32.6 Å². The quantitative estimate of drug-likeness (QED) is 0.893. The number of aryl methyl sites for hydroxylation is 2. The number of hydrogen-bond donors (Lipinski definition) is 2. The van der Waals surface area contributed by atoms with Gasteiger partial charge in [-0.25, -0.2) is 9.78 Å². The van der Waals surface area contributed by atoms with Gasteiger partial charge in [0.25, 0.3) is 0 Å². The van der Waals surface area contributed by atoms with E-state index >= 15 is 0 Å². The molecule has 6 heteroatoms. The number of nitrogens with zero attached hydrogens (tertiary/aromatic N) is 3. The molecular weight excluding hydrogens is 256 g/mol. The number of carboxylic acid groups (broad SMARTS) is 1. The van der Waals surface area contributed by atoms with Crippen LogP contribution in [0, 0.1) is 12.8 Å². The maximum Gasteiger partial charge on any atom is 0.339 e. The third kappa shape index (κ3) is 2.01. The number of hydrogen-bond acceptors (Lipinski definition) is 4. The average Bonchev–Trinajstić information content (AvgIpc) is 3.17. The molecule has 1 fully saturated rings. The standard InChI is InChI=1S/C14H18N4O2/c1-7(9-4-5-9)16-12-10(14(19)20)6-15-13-11(12)8(2)17-18(13)3/h6-7,9H,4-5H2,1-3H3,(H,15,16)(H,19,20). The van der Waals surface area contributed by atoms with Crippen LogP contribution >= 0.6 is 0 Å². The van der Waals surface area contributed by atoms with Gasteiger partial charge in [-0.15, -0.1) is 0 Å². The highest BCUT2D eigenvalue weighted by Crippen LogP contribution is 2.36. The van der Waals surface area contributed by atoms with Gasteiger partial charge in [-0.1, -0.05) is 0 Å². The van der Waals surface area contributed by atoms with Gasteiger partial charge >= 0.3 is 5.97 Å². The predicted molar refractivity (Wildman–Crippen MR) is 76.0 cm³/mol. The molecule has 0 amide bonds. The van der Waals surface area contributed by atoms with Gasteiger partial charge in [0, 0.05) is 19.3 Å². The normalized spacial score (nSPS) is 16.4. The van der Waals surface area contributed by atoms with E-state index in [1.54, 1.807) is 4.68 Å². The largest absolute Gasteiger partial charge is 0.478 e. The summed E-state index contributed by atoms with van der Waals surface area (Å²) in [6.45, 7) is 3.98. The summed E-state index contributed by atoms with van der Waals surface area (Å²) >= 11 is 0. The predicted octanol–water partition coefficient (Wildman–Crippen LogP) is 2.19.